The number of aromatic nitrogens is 2. The molecule has 0 bridgehead atoms. The molecular weight excluding hydrogens is 454 g/mol. The van der Waals surface area contributed by atoms with Gasteiger partial charge in [0.25, 0.3) is 15.9 Å². The van der Waals surface area contributed by atoms with E-state index in [0.717, 1.165) is 5.56 Å². The summed E-state index contributed by atoms with van der Waals surface area (Å²) in [7, 11) is -0.730. The lowest BCUT2D eigenvalue weighted by molar-refractivity contribution is -0.148. The van der Waals surface area contributed by atoms with Crippen molar-refractivity contribution in [2.45, 2.75) is 25.3 Å². The second kappa shape index (κ2) is 11.4. The van der Waals surface area contributed by atoms with Crippen molar-refractivity contribution in [3.8, 4) is 5.75 Å². The average molecular weight is 482 g/mol. The molecule has 0 unspecified atom stereocenters. The van der Waals surface area contributed by atoms with Gasteiger partial charge in [-0.05, 0) is 31.5 Å². The van der Waals surface area contributed by atoms with Crippen LogP contribution >= 0.6 is 0 Å². The van der Waals surface area contributed by atoms with Crippen LogP contribution in [0.3, 0.4) is 0 Å². The van der Waals surface area contributed by atoms with Gasteiger partial charge in [0.2, 0.25) is 5.91 Å². The van der Waals surface area contributed by atoms with Crippen molar-refractivity contribution < 1.29 is 32.3 Å². The zero-order valence-electron chi connectivity index (χ0n) is 18.8. The van der Waals surface area contributed by atoms with E-state index < -0.39 is 34.4 Å². The van der Waals surface area contributed by atoms with E-state index in [-0.39, 0.29) is 24.5 Å². The van der Waals surface area contributed by atoms with Crippen LogP contribution in [0.2, 0.25) is 0 Å². The van der Waals surface area contributed by atoms with Crippen LogP contribution < -0.4 is 20.1 Å². The van der Waals surface area contributed by atoms with E-state index in [1.807, 2.05) is 13.0 Å². The van der Waals surface area contributed by atoms with Gasteiger partial charge >= 0.3 is 5.97 Å². The number of carbonyl (C=O) groups excluding carboxylic acids is 3. The zero-order valence-corrected chi connectivity index (χ0v) is 19.6. The molecule has 3 N–H and O–H groups in total. The van der Waals surface area contributed by atoms with Crippen molar-refractivity contribution in [2.75, 3.05) is 32.1 Å². The van der Waals surface area contributed by atoms with E-state index in [9.17, 15) is 22.8 Å². The molecule has 1 heterocycles. The maximum atomic E-state index is 12.1. The number of hydrogen-bond acceptors (Lipinski definition) is 8. The van der Waals surface area contributed by atoms with Crippen LogP contribution in [0.5, 0.6) is 5.75 Å². The SMILES string of the molecule is COc1ccc(C)cc1NC(=O)CNC(=O)COC(=O)CCNS(=O)(=O)c1cn(C)c(C)n1. The minimum atomic E-state index is -3.86. The maximum absolute atomic E-state index is 12.1. The minimum Gasteiger partial charge on any atom is -0.495 e. The van der Waals surface area contributed by atoms with Gasteiger partial charge in [0.05, 0.1) is 25.8 Å². The second-order valence-corrected chi connectivity index (χ2v) is 8.79. The molecule has 1 aromatic carbocycles. The summed E-state index contributed by atoms with van der Waals surface area (Å²) in [6.45, 7) is 2.35. The standard InChI is InChI=1S/C20H27N5O7S/c1-13-5-6-16(31-4)15(9-13)24-17(26)10-21-18(27)12-32-20(28)7-8-22-33(29,30)19-11-25(3)14(2)23-19/h5-6,9,11,22H,7-8,10,12H2,1-4H3,(H,21,27)(H,24,26). The molecule has 2 amide bonds. The fourth-order valence-electron chi connectivity index (χ4n) is 2.58. The summed E-state index contributed by atoms with van der Waals surface area (Å²) in [5.41, 5.74) is 1.38. The van der Waals surface area contributed by atoms with Gasteiger partial charge in [0.1, 0.15) is 11.6 Å². The first-order valence-corrected chi connectivity index (χ1v) is 11.4. The highest BCUT2D eigenvalue weighted by molar-refractivity contribution is 7.89. The van der Waals surface area contributed by atoms with E-state index in [1.54, 1.807) is 30.7 Å². The van der Waals surface area contributed by atoms with E-state index in [1.165, 1.54) is 13.3 Å². The van der Waals surface area contributed by atoms with Crippen molar-refractivity contribution in [1.29, 1.82) is 0 Å². The third kappa shape index (κ3) is 7.88. The van der Waals surface area contributed by atoms with Crippen LogP contribution in [0.4, 0.5) is 5.69 Å². The lowest BCUT2D eigenvalue weighted by Crippen LogP contribution is -2.36. The molecule has 1 aromatic heterocycles. The van der Waals surface area contributed by atoms with Crippen LogP contribution in [0.1, 0.15) is 17.8 Å². The number of rotatable bonds is 11. The highest BCUT2D eigenvalue weighted by Crippen LogP contribution is 2.24. The number of aryl methyl sites for hydroxylation is 3. The lowest BCUT2D eigenvalue weighted by Gasteiger charge is -2.11. The van der Waals surface area contributed by atoms with Gasteiger partial charge in [-0.15, -0.1) is 0 Å². The molecule has 0 aliphatic heterocycles. The number of benzene rings is 1. The molecule has 0 aliphatic rings. The number of nitrogens with zero attached hydrogens (tertiary/aromatic N) is 2. The van der Waals surface area contributed by atoms with E-state index in [0.29, 0.717) is 17.3 Å². The summed E-state index contributed by atoms with van der Waals surface area (Å²) in [6.07, 6.45) is 1.07. The minimum absolute atomic E-state index is 0.156. The van der Waals surface area contributed by atoms with Crippen molar-refractivity contribution in [3.63, 3.8) is 0 Å². The normalized spacial score (nSPS) is 11.0. The van der Waals surface area contributed by atoms with Crippen molar-refractivity contribution in [2.24, 2.45) is 7.05 Å². The highest BCUT2D eigenvalue weighted by atomic mass is 32.2. The Labute approximate surface area is 191 Å². The Hall–Kier alpha value is -3.45. The molecule has 0 fully saturated rings. The van der Waals surface area contributed by atoms with E-state index in [2.05, 4.69) is 20.3 Å². The molecule has 0 radical (unpaired) electrons. The average Bonchev–Trinajstić information content (AvgIpc) is 3.10. The molecule has 180 valence electrons. The van der Waals surface area contributed by atoms with Crippen molar-refractivity contribution >= 4 is 33.5 Å². The fraction of sp³-hybridized carbons (Fsp3) is 0.400. The third-order valence-corrected chi connectivity index (χ3v) is 5.75. The van der Waals surface area contributed by atoms with Gasteiger partial charge in [-0.1, -0.05) is 6.07 Å². The van der Waals surface area contributed by atoms with Gasteiger partial charge in [-0.25, -0.2) is 18.1 Å². The number of methoxy groups -OCH3 is 1. The summed E-state index contributed by atoms with van der Waals surface area (Å²) in [4.78, 5) is 39.5. The fourth-order valence-corrected chi connectivity index (χ4v) is 3.65. The zero-order chi connectivity index (χ0) is 24.6. The number of nitrogens with one attached hydrogen (secondary N) is 3. The molecule has 0 spiro atoms. The van der Waals surface area contributed by atoms with Gasteiger partial charge in [0.15, 0.2) is 11.6 Å². The van der Waals surface area contributed by atoms with Crippen LogP contribution in [0, 0.1) is 13.8 Å². The lowest BCUT2D eigenvalue weighted by atomic mass is 10.2. The smallest absolute Gasteiger partial charge is 0.307 e. The topological polar surface area (TPSA) is 158 Å². The third-order valence-electron chi connectivity index (χ3n) is 4.42. The quantitative estimate of drug-likeness (QED) is 0.379. The Morgan fingerprint density at radius 3 is 2.52 bits per heavy atom. The van der Waals surface area contributed by atoms with Crippen LogP contribution in [0.25, 0.3) is 0 Å². The Balaban J connectivity index is 1.69. The monoisotopic (exact) mass is 481 g/mol. The number of ether oxygens (including phenoxy) is 2. The molecule has 0 saturated carbocycles. The molecule has 0 saturated heterocycles. The molecule has 13 heteroatoms. The number of anilines is 1. The molecule has 2 rings (SSSR count). The number of sulfonamides is 1. The number of amides is 2. The summed E-state index contributed by atoms with van der Waals surface area (Å²) in [5, 5.41) is 4.80. The summed E-state index contributed by atoms with van der Waals surface area (Å²) in [5.74, 6) is -0.952. The molecule has 2 aromatic rings. The largest absolute Gasteiger partial charge is 0.495 e. The molecular formula is C20H27N5O7S. The van der Waals surface area contributed by atoms with Gasteiger partial charge < -0.3 is 24.7 Å². The molecule has 12 nitrogen and oxygen atoms in total. The van der Waals surface area contributed by atoms with Crippen LogP contribution in [-0.2, 0) is 36.2 Å². The number of esters is 1. The highest BCUT2D eigenvalue weighted by Gasteiger charge is 2.19. The van der Waals surface area contributed by atoms with E-state index >= 15 is 0 Å². The Bertz CT molecular complexity index is 1110. The predicted octanol–water partition coefficient (Wildman–Crippen LogP) is 0.0120. The van der Waals surface area contributed by atoms with Crippen LogP contribution in [-0.4, -0.2) is 62.6 Å². The predicted molar refractivity (Wildman–Crippen MR) is 118 cm³/mol. The molecule has 33 heavy (non-hydrogen) atoms. The van der Waals surface area contributed by atoms with Crippen LogP contribution in [0.15, 0.2) is 29.4 Å². The Kier molecular flexibility index (Phi) is 8.94. The number of hydrogen-bond donors (Lipinski definition) is 3. The first-order valence-electron chi connectivity index (χ1n) is 9.88. The second-order valence-electron chi connectivity index (χ2n) is 7.07. The maximum Gasteiger partial charge on any atom is 0.307 e. The summed E-state index contributed by atoms with van der Waals surface area (Å²) < 4.78 is 38.0. The van der Waals surface area contributed by atoms with Gasteiger partial charge in [0, 0.05) is 19.8 Å². The number of imidazole rings is 1. The van der Waals surface area contributed by atoms with E-state index in [4.69, 9.17) is 9.47 Å². The summed E-state index contributed by atoms with van der Waals surface area (Å²) >= 11 is 0. The molecule has 0 aliphatic carbocycles. The Morgan fingerprint density at radius 1 is 1.15 bits per heavy atom. The first-order chi connectivity index (χ1) is 15.5. The first kappa shape index (κ1) is 25.8. The van der Waals surface area contributed by atoms with Gasteiger partial charge in [-0.3, -0.25) is 14.4 Å². The van der Waals surface area contributed by atoms with Gasteiger partial charge in [-0.2, -0.15) is 0 Å². The molecule has 0 atom stereocenters. The Morgan fingerprint density at radius 2 is 1.88 bits per heavy atom. The summed E-state index contributed by atoms with van der Waals surface area (Å²) in [6, 6.07) is 5.26. The van der Waals surface area contributed by atoms with Crippen molar-refractivity contribution in [1.82, 2.24) is 19.6 Å². The van der Waals surface area contributed by atoms with Crippen molar-refractivity contribution in [3.05, 3.63) is 35.8 Å². The number of carbonyl (C=O) groups is 3.